The van der Waals surface area contributed by atoms with Gasteiger partial charge in [0.25, 0.3) is 0 Å². The van der Waals surface area contributed by atoms with Gasteiger partial charge in [-0.25, -0.2) is 0 Å². The number of benzene rings is 1. The molecule has 1 aromatic rings. The van der Waals surface area contributed by atoms with Gasteiger partial charge in [0.2, 0.25) is 0 Å². The van der Waals surface area contributed by atoms with Crippen molar-refractivity contribution < 1.29 is 9.16 Å². The average Bonchev–Trinajstić information content (AvgIpc) is 2.49. The van der Waals surface area contributed by atoms with Crippen molar-refractivity contribution in [3.05, 3.63) is 35.9 Å². The summed E-state index contributed by atoms with van der Waals surface area (Å²) in [7, 11) is -1.67. The maximum Gasteiger partial charge on any atom is 0.191 e. The smallest absolute Gasteiger partial charge is 0.191 e. The Labute approximate surface area is 155 Å². The van der Waals surface area contributed by atoms with E-state index in [-0.39, 0.29) is 10.6 Å². The molecule has 1 aliphatic rings. The van der Waals surface area contributed by atoms with Gasteiger partial charge in [0.15, 0.2) is 8.32 Å². The Bertz CT molecular complexity index is 537. The van der Waals surface area contributed by atoms with Crippen LogP contribution in [0.5, 0.6) is 0 Å². The molecule has 25 heavy (non-hydrogen) atoms. The zero-order valence-corrected chi connectivity index (χ0v) is 18.3. The maximum atomic E-state index is 6.40. The Morgan fingerprint density at radius 1 is 1.20 bits per heavy atom. The summed E-state index contributed by atoms with van der Waals surface area (Å²) in [5, 5.41) is 0.266. The molecule has 0 bridgehead atoms. The Morgan fingerprint density at radius 2 is 1.84 bits per heavy atom. The third-order valence-electron chi connectivity index (χ3n) is 5.72. The molecule has 1 saturated heterocycles. The number of hydrogen-bond donors (Lipinski definition) is 0. The molecular formula is C21H37NO2Si. The minimum Gasteiger partial charge on any atom is -0.417 e. The highest BCUT2D eigenvalue weighted by atomic mass is 28.4. The van der Waals surface area contributed by atoms with Gasteiger partial charge in [-0.3, -0.25) is 4.90 Å². The zero-order chi connectivity index (χ0) is 18.7. The minimum absolute atomic E-state index is 0.0778. The van der Waals surface area contributed by atoms with Gasteiger partial charge >= 0.3 is 0 Å². The van der Waals surface area contributed by atoms with E-state index in [4.69, 9.17) is 9.16 Å². The summed E-state index contributed by atoms with van der Waals surface area (Å²) >= 11 is 0. The summed E-state index contributed by atoms with van der Waals surface area (Å²) in [6.07, 6.45) is 1.04. The van der Waals surface area contributed by atoms with Crippen LogP contribution in [-0.4, -0.2) is 44.6 Å². The van der Waals surface area contributed by atoms with E-state index in [1.807, 2.05) is 0 Å². The first-order valence-electron chi connectivity index (χ1n) is 9.56. The number of nitrogens with zero attached hydrogens (tertiary/aromatic N) is 1. The van der Waals surface area contributed by atoms with Gasteiger partial charge in [0, 0.05) is 25.7 Å². The summed E-state index contributed by atoms with van der Waals surface area (Å²) < 4.78 is 12.5. The van der Waals surface area contributed by atoms with Gasteiger partial charge in [0.05, 0.1) is 12.2 Å². The van der Waals surface area contributed by atoms with E-state index < -0.39 is 8.32 Å². The lowest BCUT2D eigenvalue weighted by Gasteiger charge is -2.44. The van der Waals surface area contributed by atoms with Crippen LogP contribution >= 0.6 is 0 Å². The van der Waals surface area contributed by atoms with Crippen molar-refractivity contribution in [2.45, 2.75) is 77.4 Å². The van der Waals surface area contributed by atoms with E-state index in [2.05, 4.69) is 82.9 Å². The normalized spacial score (nSPS) is 22.1. The first kappa shape index (κ1) is 20.6. The fourth-order valence-corrected chi connectivity index (χ4v) is 4.09. The predicted molar refractivity (Wildman–Crippen MR) is 108 cm³/mol. The lowest BCUT2D eigenvalue weighted by molar-refractivity contribution is -0.120. The SMILES string of the molecule is CC1(C)CN(Cc2ccccc2)C(CCO[Si](C)(C)C(C)(C)C)CO1. The monoisotopic (exact) mass is 363 g/mol. The van der Waals surface area contributed by atoms with Gasteiger partial charge in [0.1, 0.15) is 0 Å². The quantitative estimate of drug-likeness (QED) is 0.658. The maximum absolute atomic E-state index is 6.40. The third kappa shape index (κ3) is 5.92. The molecular weight excluding hydrogens is 326 g/mol. The Balaban J connectivity index is 1.97. The number of hydrogen-bond acceptors (Lipinski definition) is 3. The molecule has 0 aromatic heterocycles. The molecule has 0 aliphatic carbocycles. The number of ether oxygens (including phenoxy) is 1. The van der Waals surface area contributed by atoms with E-state index in [9.17, 15) is 0 Å². The Hall–Kier alpha value is -0.683. The highest BCUT2D eigenvalue weighted by molar-refractivity contribution is 6.74. The van der Waals surface area contributed by atoms with Crippen molar-refractivity contribution in [3.63, 3.8) is 0 Å². The zero-order valence-electron chi connectivity index (χ0n) is 17.3. The lowest BCUT2D eigenvalue weighted by Crippen LogP contribution is -2.54. The first-order chi connectivity index (χ1) is 11.5. The number of morpholine rings is 1. The van der Waals surface area contributed by atoms with Crippen LogP contribution < -0.4 is 0 Å². The summed E-state index contributed by atoms with van der Waals surface area (Å²) in [4.78, 5) is 2.58. The predicted octanol–water partition coefficient (Wildman–Crippen LogP) is 5.08. The van der Waals surface area contributed by atoms with Crippen molar-refractivity contribution in [2.24, 2.45) is 0 Å². The molecule has 1 aliphatic heterocycles. The van der Waals surface area contributed by atoms with Crippen LogP contribution in [0.2, 0.25) is 18.1 Å². The van der Waals surface area contributed by atoms with Crippen molar-refractivity contribution in [2.75, 3.05) is 19.8 Å². The fourth-order valence-electron chi connectivity index (χ4n) is 3.03. The van der Waals surface area contributed by atoms with Gasteiger partial charge in [-0.05, 0) is 44.0 Å². The van der Waals surface area contributed by atoms with E-state index >= 15 is 0 Å². The Morgan fingerprint density at radius 3 is 2.44 bits per heavy atom. The number of rotatable bonds is 6. The van der Waals surface area contributed by atoms with Gasteiger partial charge < -0.3 is 9.16 Å². The standard InChI is InChI=1S/C21H37NO2Si/c1-20(2,3)25(6,7)24-14-13-19-16-23-21(4,5)17-22(19)15-18-11-9-8-10-12-18/h8-12,19H,13-17H2,1-7H3. The molecule has 1 unspecified atom stereocenters. The van der Waals surface area contributed by atoms with Gasteiger partial charge in [-0.1, -0.05) is 51.1 Å². The van der Waals surface area contributed by atoms with Crippen LogP contribution in [0.15, 0.2) is 30.3 Å². The second-order valence-corrected chi connectivity index (χ2v) is 14.3. The molecule has 1 heterocycles. The summed E-state index contributed by atoms with van der Waals surface area (Å²) in [5.41, 5.74) is 1.29. The summed E-state index contributed by atoms with van der Waals surface area (Å²) in [6, 6.07) is 11.2. The van der Waals surface area contributed by atoms with Crippen molar-refractivity contribution in [3.8, 4) is 0 Å². The molecule has 4 heteroatoms. The van der Waals surface area contributed by atoms with E-state index in [0.29, 0.717) is 6.04 Å². The highest BCUT2D eigenvalue weighted by Crippen LogP contribution is 2.36. The van der Waals surface area contributed by atoms with Crippen LogP contribution in [0, 0.1) is 0 Å². The van der Waals surface area contributed by atoms with Crippen molar-refractivity contribution in [1.82, 2.24) is 4.90 Å². The summed E-state index contributed by atoms with van der Waals surface area (Å²) in [5.74, 6) is 0. The molecule has 0 amide bonds. The van der Waals surface area contributed by atoms with Crippen LogP contribution in [-0.2, 0) is 15.7 Å². The van der Waals surface area contributed by atoms with Crippen LogP contribution in [0.1, 0.15) is 46.6 Å². The molecule has 0 N–H and O–H groups in total. The fraction of sp³-hybridized carbons (Fsp3) is 0.714. The molecule has 3 nitrogen and oxygen atoms in total. The third-order valence-corrected chi connectivity index (χ3v) is 10.3. The topological polar surface area (TPSA) is 21.7 Å². The largest absolute Gasteiger partial charge is 0.417 e. The lowest BCUT2D eigenvalue weighted by atomic mass is 10.0. The first-order valence-corrected chi connectivity index (χ1v) is 12.5. The van der Waals surface area contributed by atoms with Gasteiger partial charge in [-0.2, -0.15) is 0 Å². The molecule has 142 valence electrons. The molecule has 0 spiro atoms. The Kier molecular flexibility index (Phi) is 6.53. The van der Waals surface area contributed by atoms with E-state index in [0.717, 1.165) is 32.7 Å². The van der Waals surface area contributed by atoms with E-state index in [1.54, 1.807) is 0 Å². The molecule has 1 aromatic carbocycles. The minimum atomic E-state index is -1.67. The van der Waals surface area contributed by atoms with E-state index in [1.165, 1.54) is 5.56 Å². The van der Waals surface area contributed by atoms with Gasteiger partial charge in [-0.15, -0.1) is 0 Å². The highest BCUT2D eigenvalue weighted by Gasteiger charge is 2.38. The van der Waals surface area contributed by atoms with Crippen molar-refractivity contribution >= 4 is 8.32 Å². The summed E-state index contributed by atoms with van der Waals surface area (Å²) in [6.45, 7) is 19.5. The van der Waals surface area contributed by atoms with Crippen molar-refractivity contribution in [1.29, 1.82) is 0 Å². The second-order valence-electron chi connectivity index (χ2n) is 9.51. The van der Waals surface area contributed by atoms with Crippen LogP contribution in [0.25, 0.3) is 0 Å². The molecule has 0 saturated carbocycles. The molecule has 2 rings (SSSR count). The van der Waals surface area contributed by atoms with Crippen LogP contribution in [0.3, 0.4) is 0 Å². The molecule has 1 fully saturated rings. The molecule has 1 atom stereocenters. The average molecular weight is 364 g/mol. The van der Waals surface area contributed by atoms with Crippen LogP contribution in [0.4, 0.5) is 0 Å². The second kappa shape index (κ2) is 7.91. The molecule has 0 radical (unpaired) electrons.